The van der Waals surface area contributed by atoms with Crippen LogP contribution in [0.4, 0.5) is 5.69 Å². The van der Waals surface area contributed by atoms with Gasteiger partial charge in [-0.25, -0.2) is 0 Å². The zero-order valence-electron chi connectivity index (χ0n) is 13.6. The summed E-state index contributed by atoms with van der Waals surface area (Å²) in [4.78, 5) is 2.55. The van der Waals surface area contributed by atoms with Crippen LogP contribution < -0.4 is 10.1 Å². The molecular formula is C17H27BrN2O. The Bertz CT molecular complexity index is 478. The third-order valence-electron chi connectivity index (χ3n) is 4.55. The largest absolute Gasteiger partial charge is 0.495 e. The van der Waals surface area contributed by atoms with Gasteiger partial charge in [0.05, 0.1) is 12.8 Å². The molecule has 1 aliphatic rings. The van der Waals surface area contributed by atoms with Crippen LogP contribution in [0, 0.1) is 12.8 Å². The Morgan fingerprint density at radius 2 is 2.24 bits per heavy atom. The van der Waals surface area contributed by atoms with Crippen LogP contribution in [0.3, 0.4) is 0 Å². The van der Waals surface area contributed by atoms with E-state index in [-0.39, 0.29) is 0 Å². The van der Waals surface area contributed by atoms with E-state index in [1.54, 1.807) is 7.11 Å². The lowest BCUT2D eigenvalue weighted by Crippen LogP contribution is -2.41. The fourth-order valence-electron chi connectivity index (χ4n) is 3.19. The van der Waals surface area contributed by atoms with E-state index in [1.807, 2.05) is 6.07 Å². The molecule has 1 N–H and O–H groups in total. The fraction of sp³-hybridized carbons (Fsp3) is 0.647. The molecule has 0 aliphatic carbocycles. The number of likely N-dealkylation sites (tertiary alicyclic amines) is 1. The van der Waals surface area contributed by atoms with E-state index < -0.39 is 0 Å². The lowest BCUT2D eigenvalue weighted by atomic mass is 9.91. The number of nitrogens with zero attached hydrogens (tertiary/aromatic N) is 1. The number of hydrogen-bond donors (Lipinski definition) is 1. The normalized spacial score (nSPS) is 21.1. The van der Waals surface area contributed by atoms with E-state index in [0.717, 1.165) is 22.5 Å². The Balaban J connectivity index is 2.10. The molecule has 1 fully saturated rings. The highest BCUT2D eigenvalue weighted by atomic mass is 79.9. The lowest BCUT2D eigenvalue weighted by Gasteiger charge is -2.36. The minimum absolute atomic E-state index is 0.452. The van der Waals surface area contributed by atoms with E-state index in [2.05, 4.69) is 53.0 Å². The summed E-state index contributed by atoms with van der Waals surface area (Å²) in [5.74, 6) is 1.61. The van der Waals surface area contributed by atoms with Crippen LogP contribution in [0.25, 0.3) is 0 Å². The maximum Gasteiger partial charge on any atom is 0.143 e. The monoisotopic (exact) mass is 354 g/mol. The molecule has 2 atom stereocenters. The van der Waals surface area contributed by atoms with Gasteiger partial charge >= 0.3 is 0 Å². The van der Waals surface area contributed by atoms with E-state index in [4.69, 9.17) is 4.74 Å². The maximum atomic E-state index is 5.53. The van der Waals surface area contributed by atoms with Crippen molar-refractivity contribution in [1.82, 2.24) is 4.90 Å². The molecule has 2 rings (SSSR count). The van der Waals surface area contributed by atoms with Gasteiger partial charge in [-0.2, -0.15) is 0 Å². The van der Waals surface area contributed by atoms with Crippen molar-refractivity contribution >= 4 is 21.6 Å². The number of benzene rings is 1. The molecule has 1 saturated heterocycles. The molecular weight excluding hydrogens is 328 g/mol. The van der Waals surface area contributed by atoms with Crippen molar-refractivity contribution < 1.29 is 4.74 Å². The van der Waals surface area contributed by atoms with Crippen molar-refractivity contribution in [3.63, 3.8) is 0 Å². The quantitative estimate of drug-likeness (QED) is 0.852. The Kier molecular flexibility index (Phi) is 5.94. The maximum absolute atomic E-state index is 5.53. The zero-order chi connectivity index (χ0) is 15.4. The second-order valence-electron chi connectivity index (χ2n) is 6.03. The second-order valence-corrected chi connectivity index (χ2v) is 6.94. The number of nitrogens with one attached hydrogen (secondary N) is 1. The summed E-state index contributed by atoms with van der Waals surface area (Å²) < 4.78 is 6.59. The Hall–Kier alpha value is -0.740. The summed E-state index contributed by atoms with van der Waals surface area (Å²) in [6.07, 6.45) is 2.61. The summed E-state index contributed by atoms with van der Waals surface area (Å²) in [7, 11) is 1.73. The number of aryl methyl sites for hydroxylation is 1. The predicted molar refractivity (Wildman–Crippen MR) is 93.4 cm³/mol. The summed E-state index contributed by atoms with van der Waals surface area (Å²) >= 11 is 3.53. The third-order valence-corrected chi connectivity index (χ3v) is 5.01. The summed E-state index contributed by atoms with van der Waals surface area (Å²) in [5.41, 5.74) is 2.35. The molecule has 1 aromatic rings. The van der Waals surface area contributed by atoms with Crippen LogP contribution in [0.5, 0.6) is 5.75 Å². The molecule has 0 saturated carbocycles. The molecule has 1 heterocycles. The van der Waals surface area contributed by atoms with E-state index in [1.165, 1.54) is 31.5 Å². The van der Waals surface area contributed by atoms with Gasteiger partial charge in [-0.1, -0.05) is 22.9 Å². The number of hydrogen-bond acceptors (Lipinski definition) is 3. The Morgan fingerprint density at radius 1 is 1.48 bits per heavy atom. The number of rotatable bonds is 5. The van der Waals surface area contributed by atoms with Gasteiger partial charge in [0.2, 0.25) is 0 Å². The van der Waals surface area contributed by atoms with Crippen LogP contribution in [-0.2, 0) is 0 Å². The van der Waals surface area contributed by atoms with Gasteiger partial charge < -0.3 is 15.0 Å². The average Bonchev–Trinajstić information content (AvgIpc) is 2.49. The van der Waals surface area contributed by atoms with Crippen molar-refractivity contribution in [3.05, 3.63) is 22.2 Å². The molecule has 0 aromatic heterocycles. The van der Waals surface area contributed by atoms with Gasteiger partial charge in [0.15, 0.2) is 0 Å². The van der Waals surface area contributed by atoms with Crippen LogP contribution in [0.1, 0.15) is 32.3 Å². The van der Waals surface area contributed by atoms with Crippen molar-refractivity contribution in [2.45, 2.75) is 39.7 Å². The minimum Gasteiger partial charge on any atom is -0.495 e. The highest BCUT2D eigenvalue weighted by Crippen LogP contribution is 2.34. The molecule has 118 valence electrons. The summed E-state index contributed by atoms with van der Waals surface area (Å²) in [6, 6.07) is 4.62. The van der Waals surface area contributed by atoms with Gasteiger partial charge in [0, 0.05) is 17.1 Å². The highest BCUT2D eigenvalue weighted by molar-refractivity contribution is 9.10. The zero-order valence-corrected chi connectivity index (χ0v) is 15.2. The van der Waals surface area contributed by atoms with Crippen LogP contribution in [-0.4, -0.2) is 37.7 Å². The number of methoxy groups -OCH3 is 1. The molecule has 0 spiro atoms. The van der Waals surface area contributed by atoms with Crippen LogP contribution in [0.2, 0.25) is 0 Å². The molecule has 2 unspecified atom stereocenters. The third kappa shape index (κ3) is 4.13. The molecule has 0 amide bonds. The molecule has 1 aliphatic heterocycles. The number of ether oxygens (including phenoxy) is 1. The molecule has 4 heteroatoms. The second kappa shape index (κ2) is 7.50. The summed E-state index contributed by atoms with van der Waals surface area (Å²) in [5, 5.41) is 3.70. The number of piperidine rings is 1. The summed E-state index contributed by atoms with van der Waals surface area (Å²) in [6.45, 7) is 10.3. The average molecular weight is 355 g/mol. The first-order chi connectivity index (χ1) is 10.0. The van der Waals surface area contributed by atoms with Crippen LogP contribution in [0.15, 0.2) is 16.6 Å². The first kappa shape index (κ1) is 16.6. The number of halogens is 1. The van der Waals surface area contributed by atoms with Crippen molar-refractivity contribution in [3.8, 4) is 5.75 Å². The van der Waals surface area contributed by atoms with Crippen molar-refractivity contribution in [2.24, 2.45) is 5.92 Å². The van der Waals surface area contributed by atoms with E-state index >= 15 is 0 Å². The van der Waals surface area contributed by atoms with E-state index in [0.29, 0.717) is 12.0 Å². The van der Waals surface area contributed by atoms with Gasteiger partial charge in [-0.3, -0.25) is 0 Å². The number of anilines is 1. The van der Waals surface area contributed by atoms with Gasteiger partial charge in [-0.05, 0) is 63.4 Å². The highest BCUT2D eigenvalue weighted by Gasteiger charge is 2.24. The molecule has 21 heavy (non-hydrogen) atoms. The first-order valence-electron chi connectivity index (χ1n) is 7.88. The van der Waals surface area contributed by atoms with Crippen molar-refractivity contribution in [2.75, 3.05) is 32.1 Å². The predicted octanol–water partition coefficient (Wildman–Crippen LogP) is 4.30. The fourth-order valence-corrected chi connectivity index (χ4v) is 3.74. The van der Waals surface area contributed by atoms with Crippen LogP contribution >= 0.6 is 15.9 Å². The first-order valence-corrected chi connectivity index (χ1v) is 8.67. The van der Waals surface area contributed by atoms with Gasteiger partial charge in [-0.15, -0.1) is 0 Å². The lowest BCUT2D eigenvalue weighted by molar-refractivity contribution is 0.172. The standard InChI is InChI=1S/C17H27BrN2O/c1-5-20-8-6-7-14(11-20)13(3)19-17-12(2)9-15(18)10-16(17)21-4/h9-10,13-14,19H,5-8,11H2,1-4H3. The van der Waals surface area contributed by atoms with Gasteiger partial charge in [0.1, 0.15) is 5.75 Å². The molecule has 0 radical (unpaired) electrons. The van der Waals surface area contributed by atoms with E-state index in [9.17, 15) is 0 Å². The SMILES string of the molecule is CCN1CCCC(C(C)Nc2c(C)cc(Br)cc2OC)C1. The molecule has 3 nitrogen and oxygen atoms in total. The molecule has 1 aromatic carbocycles. The minimum atomic E-state index is 0.452. The smallest absolute Gasteiger partial charge is 0.143 e. The van der Waals surface area contributed by atoms with Gasteiger partial charge in [0.25, 0.3) is 0 Å². The van der Waals surface area contributed by atoms with Crippen molar-refractivity contribution in [1.29, 1.82) is 0 Å². The topological polar surface area (TPSA) is 24.5 Å². The Labute approximate surface area is 137 Å². The Morgan fingerprint density at radius 3 is 2.90 bits per heavy atom. The molecule has 0 bridgehead atoms.